The fraction of sp³-hybridized carbons (Fsp3) is 0.115. The number of hydrogen-bond acceptors (Lipinski definition) is 4. The number of halogens is 6. The van der Waals surface area contributed by atoms with Gasteiger partial charge in [0.1, 0.15) is 5.69 Å². The fourth-order valence-corrected chi connectivity index (χ4v) is 3.67. The summed E-state index contributed by atoms with van der Waals surface area (Å²) in [5.74, 6) is -0.0158. The van der Waals surface area contributed by atoms with Crippen LogP contribution < -0.4 is 11.1 Å². The number of alkyl halides is 6. The number of nitrogens with two attached hydrogens (primary N) is 1. The number of nitrogens with one attached hydrogen (secondary N) is 1. The zero-order valence-corrected chi connectivity index (χ0v) is 19.1. The molecule has 0 spiro atoms. The van der Waals surface area contributed by atoms with Gasteiger partial charge in [0, 0.05) is 27.7 Å². The quantitative estimate of drug-likeness (QED) is 0.216. The Morgan fingerprint density at radius 1 is 0.838 bits per heavy atom. The van der Waals surface area contributed by atoms with E-state index >= 15 is 0 Å². The molecule has 4 aromatic rings. The summed E-state index contributed by atoms with van der Waals surface area (Å²) in [6, 6.07) is 14.6. The number of benzene rings is 3. The van der Waals surface area contributed by atoms with Gasteiger partial charge in [-0.25, -0.2) is 0 Å². The summed E-state index contributed by atoms with van der Waals surface area (Å²) in [6.07, 6.45) is -8.55. The minimum Gasteiger partial charge on any atom is -0.803 e. The Bertz CT molecular complexity index is 1470. The lowest BCUT2D eigenvalue weighted by molar-refractivity contribution is -0.143. The molecule has 1 aromatic heterocycles. The largest absolute Gasteiger partial charge is 0.803 e. The molecule has 0 aliphatic carbocycles. The zero-order valence-electron chi connectivity index (χ0n) is 19.1. The van der Waals surface area contributed by atoms with Crippen molar-refractivity contribution < 1.29 is 26.3 Å². The van der Waals surface area contributed by atoms with Gasteiger partial charge in [0.15, 0.2) is 5.82 Å². The van der Waals surface area contributed by atoms with Gasteiger partial charge >= 0.3 is 12.4 Å². The Hall–Kier alpha value is -4.41. The summed E-state index contributed by atoms with van der Waals surface area (Å²) in [4.78, 5) is 0. The van der Waals surface area contributed by atoms with E-state index < -0.39 is 29.2 Å². The van der Waals surface area contributed by atoms with E-state index in [0.29, 0.717) is 45.4 Å². The van der Waals surface area contributed by atoms with Gasteiger partial charge < -0.3 is 16.5 Å². The lowest BCUT2D eigenvalue weighted by atomic mass is 10.0. The molecule has 3 N–H and O–H groups in total. The first kappa shape index (κ1) is 25.7. The van der Waals surface area contributed by atoms with E-state index in [1.54, 1.807) is 55.5 Å². The van der Waals surface area contributed by atoms with Crippen LogP contribution in [-0.2, 0) is 12.4 Å². The lowest BCUT2D eigenvalue weighted by Gasteiger charge is -2.16. The van der Waals surface area contributed by atoms with Crippen molar-refractivity contribution in [3.63, 3.8) is 0 Å². The summed E-state index contributed by atoms with van der Waals surface area (Å²) in [5, 5.41) is 21.9. The number of allylic oxidation sites excluding steroid dienone is 2. The number of nitrogens with zero attached hydrogens (tertiary/aromatic N) is 3. The van der Waals surface area contributed by atoms with Gasteiger partial charge in [0.05, 0.1) is 11.1 Å². The Kier molecular flexibility index (Phi) is 6.64. The maximum absolute atomic E-state index is 13.3. The molecule has 11 heteroatoms. The Labute approximate surface area is 207 Å². The third-order valence-electron chi connectivity index (χ3n) is 5.36. The molecule has 0 radical (unpaired) electrons. The zero-order chi connectivity index (χ0) is 27.0. The maximum atomic E-state index is 13.3. The third-order valence-corrected chi connectivity index (χ3v) is 5.36. The minimum absolute atomic E-state index is 0.0158. The molecule has 1 heterocycles. The van der Waals surface area contributed by atoms with Gasteiger partial charge in [-0.1, -0.05) is 54.6 Å². The normalized spacial score (nSPS) is 12.6. The molecule has 0 aliphatic rings. The molecule has 4 rings (SSSR count). The Morgan fingerprint density at radius 3 is 1.95 bits per heavy atom. The number of anilines is 2. The van der Waals surface area contributed by atoms with Crippen LogP contribution in [-0.4, -0.2) is 15.9 Å². The van der Waals surface area contributed by atoms with Crippen molar-refractivity contribution in [2.24, 2.45) is 5.73 Å². The van der Waals surface area contributed by atoms with E-state index in [9.17, 15) is 31.8 Å². The van der Waals surface area contributed by atoms with Gasteiger partial charge in [-0.3, -0.25) is 0 Å². The van der Waals surface area contributed by atoms with Crippen LogP contribution >= 0.6 is 0 Å². The molecular formula is C26H18F6N5-. The maximum Gasteiger partial charge on any atom is 0.416 e. The van der Waals surface area contributed by atoms with Gasteiger partial charge in [-0.05, 0) is 30.7 Å². The highest BCUT2D eigenvalue weighted by molar-refractivity contribution is 6.11. The van der Waals surface area contributed by atoms with Crippen LogP contribution in [0.5, 0.6) is 0 Å². The van der Waals surface area contributed by atoms with E-state index in [0.717, 1.165) is 0 Å². The molecule has 0 aliphatic heterocycles. The summed E-state index contributed by atoms with van der Waals surface area (Å²) in [6.45, 7) is 1.63. The molecule has 3 aromatic carbocycles. The fourth-order valence-electron chi connectivity index (χ4n) is 3.67. The molecule has 0 amide bonds. The minimum atomic E-state index is -4.98. The van der Waals surface area contributed by atoms with E-state index in [1.165, 1.54) is 6.08 Å². The monoisotopic (exact) mass is 514 g/mol. The van der Waals surface area contributed by atoms with Crippen LogP contribution in [0.15, 0.2) is 78.5 Å². The molecule has 0 fully saturated rings. The summed E-state index contributed by atoms with van der Waals surface area (Å²) < 4.78 is 79.6. The first-order valence-electron chi connectivity index (χ1n) is 10.8. The van der Waals surface area contributed by atoms with Gasteiger partial charge in [0.2, 0.25) is 0 Å². The van der Waals surface area contributed by atoms with Crippen LogP contribution in [0.1, 0.15) is 23.6 Å². The van der Waals surface area contributed by atoms with Crippen molar-refractivity contribution in [2.45, 2.75) is 19.3 Å². The van der Waals surface area contributed by atoms with E-state index in [2.05, 4.69) is 15.5 Å². The number of fused-ring (bicyclic) bond motifs is 1. The molecule has 0 atom stereocenters. The van der Waals surface area contributed by atoms with Crippen LogP contribution in [0.2, 0.25) is 0 Å². The van der Waals surface area contributed by atoms with Crippen molar-refractivity contribution in [3.8, 4) is 11.3 Å². The predicted octanol–water partition coefficient (Wildman–Crippen LogP) is 7.30. The van der Waals surface area contributed by atoms with Crippen LogP contribution in [0, 0.1) is 0 Å². The first-order chi connectivity index (χ1) is 17.3. The smallest absolute Gasteiger partial charge is 0.416 e. The topological polar surface area (TPSA) is 86.1 Å². The van der Waals surface area contributed by atoms with Crippen molar-refractivity contribution in [1.29, 1.82) is 0 Å². The highest BCUT2D eigenvalue weighted by Gasteiger charge is 2.37. The second-order valence-corrected chi connectivity index (χ2v) is 8.21. The lowest BCUT2D eigenvalue weighted by Crippen LogP contribution is -2.12. The number of aromatic nitrogens is 2. The molecular weight excluding hydrogens is 496 g/mol. The molecule has 0 unspecified atom stereocenters. The molecule has 190 valence electrons. The van der Waals surface area contributed by atoms with Crippen LogP contribution in [0.4, 0.5) is 37.8 Å². The number of hydrogen-bond donors (Lipinski definition) is 2. The Balaban J connectivity index is 1.76. The summed E-state index contributed by atoms with van der Waals surface area (Å²) in [7, 11) is 0. The summed E-state index contributed by atoms with van der Waals surface area (Å²) >= 11 is 0. The number of rotatable bonds is 5. The Morgan fingerprint density at radius 2 is 1.41 bits per heavy atom. The van der Waals surface area contributed by atoms with Crippen LogP contribution in [0.3, 0.4) is 0 Å². The van der Waals surface area contributed by atoms with E-state index in [1.807, 2.05) is 0 Å². The van der Waals surface area contributed by atoms with E-state index in [-0.39, 0.29) is 17.6 Å². The van der Waals surface area contributed by atoms with Crippen LogP contribution in [0.25, 0.3) is 27.4 Å². The van der Waals surface area contributed by atoms with Crippen molar-refractivity contribution in [2.75, 3.05) is 5.32 Å². The van der Waals surface area contributed by atoms with Crippen molar-refractivity contribution >= 4 is 28.0 Å². The highest BCUT2D eigenvalue weighted by atomic mass is 19.4. The second kappa shape index (κ2) is 9.57. The molecule has 0 saturated carbocycles. The van der Waals surface area contributed by atoms with Crippen molar-refractivity contribution in [3.05, 3.63) is 101 Å². The first-order valence-corrected chi connectivity index (χ1v) is 10.8. The molecule has 37 heavy (non-hydrogen) atoms. The van der Waals surface area contributed by atoms with Gasteiger partial charge in [-0.2, -0.15) is 26.3 Å². The van der Waals surface area contributed by atoms with Gasteiger partial charge in [0.25, 0.3) is 0 Å². The molecule has 0 saturated heterocycles. The average molecular weight is 514 g/mol. The SMILES string of the molecule is C/C(N)=C/C(=[N-])c1ccc(-c2nnc(Nc3cc(C(F)(F)F)cc(C(F)(F)F)c3)c3ccccc23)cc1. The van der Waals surface area contributed by atoms with Crippen molar-refractivity contribution in [1.82, 2.24) is 10.2 Å². The summed E-state index contributed by atoms with van der Waals surface area (Å²) in [5.41, 5.74) is 4.21. The third kappa shape index (κ3) is 5.71. The second-order valence-electron chi connectivity index (χ2n) is 8.21. The highest BCUT2D eigenvalue weighted by Crippen LogP contribution is 2.39. The molecule has 5 nitrogen and oxygen atoms in total. The molecule has 0 bridgehead atoms. The van der Waals surface area contributed by atoms with Gasteiger partial charge in [-0.15, -0.1) is 15.9 Å². The standard InChI is InChI=1S/C26H18F6N5/c1-14(33)10-22(34)15-6-8-16(9-7-15)23-20-4-2-3-5-21(20)24(37-36-23)35-19-12-17(25(27,28)29)11-18(13-19)26(30,31)32/h2-13H,33H2,1H3,(H,35,37)/q-1/b14-10-. The predicted molar refractivity (Wildman–Crippen MR) is 130 cm³/mol. The average Bonchev–Trinajstić information content (AvgIpc) is 2.83. The van der Waals surface area contributed by atoms with E-state index in [4.69, 9.17) is 5.73 Å².